The van der Waals surface area contributed by atoms with Crippen LogP contribution in [0.15, 0.2) is 34.1 Å². The number of aryl methyl sites for hydroxylation is 2. The minimum absolute atomic E-state index is 0.0284. The van der Waals surface area contributed by atoms with E-state index in [1.807, 2.05) is 38.1 Å². The van der Waals surface area contributed by atoms with Crippen molar-refractivity contribution in [2.45, 2.75) is 18.7 Å². The van der Waals surface area contributed by atoms with Crippen LogP contribution in [0, 0.1) is 13.8 Å². The molecule has 1 heterocycles. The molecule has 24 heavy (non-hydrogen) atoms. The lowest BCUT2D eigenvalue weighted by molar-refractivity contribution is 0.104. The number of Topliss-reactive ketones (excluding diaryl/α,β-unsaturated/α-hetero) is 1. The third-order valence-corrected chi connectivity index (χ3v) is 5.07. The summed E-state index contributed by atoms with van der Waals surface area (Å²) in [5.41, 5.74) is 3.10. The first kappa shape index (κ1) is 16.5. The second kappa shape index (κ2) is 6.24. The molecule has 0 bridgehead atoms. The Kier molecular flexibility index (Phi) is 4.28. The lowest BCUT2D eigenvalue weighted by Gasteiger charge is -2.08. The van der Waals surface area contributed by atoms with Crippen molar-refractivity contribution in [3.05, 3.63) is 51.4 Å². The van der Waals surface area contributed by atoms with Crippen LogP contribution in [0.4, 0.5) is 0 Å². The molecule has 0 radical (unpaired) electrons. The molecule has 2 aromatic carbocycles. The number of fused-ring (bicyclic) bond motifs is 1. The van der Waals surface area contributed by atoms with Gasteiger partial charge in [0.2, 0.25) is 5.78 Å². The Morgan fingerprint density at radius 1 is 1.00 bits per heavy atom. The fourth-order valence-corrected chi connectivity index (χ4v) is 3.80. The average Bonchev–Trinajstić information content (AvgIpc) is 2.86. The van der Waals surface area contributed by atoms with Crippen molar-refractivity contribution < 1.29 is 19.4 Å². The number of rotatable bonds is 3. The number of phenolic OH excluding ortho intramolecular Hbond substituents is 1. The van der Waals surface area contributed by atoms with E-state index in [0.717, 1.165) is 21.6 Å². The summed E-state index contributed by atoms with van der Waals surface area (Å²) in [5.74, 6) is 1.41. The van der Waals surface area contributed by atoms with Gasteiger partial charge in [-0.1, -0.05) is 11.8 Å². The van der Waals surface area contributed by atoms with Crippen molar-refractivity contribution in [3.63, 3.8) is 0 Å². The fraction of sp³-hybridized carbons (Fsp3) is 0.211. The highest BCUT2D eigenvalue weighted by Crippen LogP contribution is 2.45. The summed E-state index contributed by atoms with van der Waals surface area (Å²) in [6.07, 6.45) is 1.85. The van der Waals surface area contributed by atoms with E-state index in [2.05, 4.69) is 0 Å². The Labute approximate surface area is 145 Å². The highest BCUT2D eigenvalue weighted by Gasteiger charge is 2.28. The number of carbonyl (C=O) groups excluding carboxylic acids is 1. The van der Waals surface area contributed by atoms with Crippen LogP contribution in [0.2, 0.25) is 0 Å². The minimum Gasteiger partial charge on any atom is -0.507 e. The third kappa shape index (κ3) is 2.76. The van der Waals surface area contributed by atoms with Crippen LogP contribution in [0.5, 0.6) is 17.2 Å². The average molecular weight is 342 g/mol. The molecule has 5 heteroatoms. The molecule has 0 spiro atoms. The standard InChI is InChI=1S/C19H18O4S/c1-10-5-12(6-11(2)18(10)20)7-17-19(21)13-8-14(22-3)15(23-4)9-16(13)24-17/h5-9,20H,1-4H3/b17-7-. The smallest absolute Gasteiger partial charge is 0.200 e. The maximum absolute atomic E-state index is 12.7. The predicted molar refractivity (Wildman–Crippen MR) is 95.3 cm³/mol. The van der Waals surface area contributed by atoms with E-state index in [1.165, 1.54) is 11.8 Å². The molecule has 1 N–H and O–H groups in total. The first-order chi connectivity index (χ1) is 11.4. The molecule has 124 valence electrons. The number of ether oxygens (including phenoxy) is 2. The van der Waals surface area contributed by atoms with E-state index in [-0.39, 0.29) is 5.78 Å². The van der Waals surface area contributed by atoms with Crippen molar-refractivity contribution >= 4 is 23.6 Å². The zero-order valence-electron chi connectivity index (χ0n) is 14.0. The Morgan fingerprint density at radius 2 is 1.58 bits per heavy atom. The number of ketones is 1. The van der Waals surface area contributed by atoms with Gasteiger partial charge >= 0.3 is 0 Å². The zero-order valence-corrected chi connectivity index (χ0v) is 14.8. The molecule has 3 rings (SSSR count). The molecule has 0 atom stereocenters. The number of phenols is 1. The molecule has 0 aliphatic carbocycles. The Morgan fingerprint density at radius 3 is 2.17 bits per heavy atom. The summed E-state index contributed by atoms with van der Waals surface area (Å²) in [7, 11) is 3.13. The summed E-state index contributed by atoms with van der Waals surface area (Å²) in [5, 5.41) is 9.88. The van der Waals surface area contributed by atoms with E-state index in [1.54, 1.807) is 20.3 Å². The van der Waals surface area contributed by atoms with Crippen LogP contribution >= 0.6 is 11.8 Å². The van der Waals surface area contributed by atoms with Crippen molar-refractivity contribution in [1.82, 2.24) is 0 Å². The van der Waals surface area contributed by atoms with Crippen LogP contribution in [0.3, 0.4) is 0 Å². The molecular weight excluding hydrogens is 324 g/mol. The maximum atomic E-state index is 12.7. The number of carbonyl (C=O) groups is 1. The van der Waals surface area contributed by atoms with Crippen LogP contribution in [-0.2, 0) is 0 Å². The first-order valence-corrected chi connectivity index (χ1v) is 8.26. The molecule has 0 amide bonds. The zero-order chi connectivity index (χ0) is 17.4. The van der Waals surface area contributed by atoms with Gasteiger partial charge in [-0.3, -0.25) is 4.79 Å². The summed E-state index contributed by atoms with van der Waals surface area (Å²) < 4.78 is 10.6. The second-order valence-corrected chi connectivity index (χ2v) is 6.73. The molecular formula is C19H18O4S. The van der Waals surface area contributed by atoms with Gasteiger partial charge in [0.25, 0.3) is 0 Å². The Balaban J connectivity index is 2.02. The van der Waals surface area contributed by atoms with E-state index < -0.39 is 0 Å². The largest absolute Gasteiger partial charge is 0.507 e. The van der Waals surface area contributed by atoms with E-state index in [9.17, 15) is 9.90 Å². The van der Waals surface area contributed by atoms with Gasteiger partial charge < -0.3 is 14.6 Å². The van der Waals surface area contributed by atoms with Gasteiger partial charge in [-0.2, -0.15) is 0 Å². The Hall–Kier alpha value is -2.40. The molecule has 2 aromatic rings. The van der Waals surface area contributed by atoms with E-state index in [0.29, 0.717) is 27.7 Å². The topological polar surface area (TPSA) is 55.8 Å². The molecule has 0 saturated heterocycles. The quantitative estimate of drug-likeness (QED) is 0.840. The summed E-state index contributed by atoms with van der Waals surface area (Å²) in [6, 6.07) is 7.28. The molecule has 0 unspecified atom stereocenters. The van der Waals surface area contributed by atoms with Crippen LogP contribution in [0.25, 0.3) is 6.08 Å². The summed E-state index contributed by atoms with van der Waals surface area (Å²) >= 11 is 1.42. The number of allylic oxidation sites excluding steroid dienone is 1. The van der Waals surface area contributed by atoms with Gasteiger partial charge in [0, 0.05) is 10.5 Å². The maximum Gasteiger partial charge on any atom is 0.200 e. The number of hydrogen-bond donors (Lipinski definition) is 1. The highest BCUT2D eigenvalue weighted by molar-refractivity contribution is 8.04. The predicted octanol–water partition coefficient (Wildman–Crippen LogP) is 4.36. The van der Waals surface area contributed by atoms with Crippen molar-refractivity contribution in [3.8, 4) is 17.2 Å². The molecule has 1 aliphatic rings. The van der Waals surface area contributed by atoms with Crippen molar-refractivity contribution in [2.24, 2.45) is 0 Å². The summed E-state index contributed by atoms with van der Waals surface area (Å²) in [4.78, 5) is 14.2. The van der Waals surface area contributed by atoms with Gasteiger partial charge in [-0.15, -0.1) is 0 Å². The van der Waals surface area contributed by atoms with Crippen LogP contribution < -0.4 is 9.47 Å². The normalized spacial score (nSPS) is 14.8. The lowest BCUT2D eigenvalue weighted by Crippen LogP contribution is -1.97. The second-order valence-electron chi connectivity index (χ2n) is 5.65. The fourth-order valence-electron chi connectivity index (χ4n) is 2.74. The molecule has 0 aromatic heterocycles. The SMILES string of the molecule is COc1cc2c(cc1OC)C(=O)/C(=C/c1cc(C)c(O)c(C)c1)S2. The van der Waals surface area contributed by atoms with E-state index in [4.69, 9.17) is 9.47 Å². The number of thioether (sulfide) groups is 1. The highest BCUT2D eigenvalue weighted by atomic mass is 32.2. The van der Waals surface area contributed by atoms with Gasteiger partial charge in [-0.25, -0.2) is 0 Å². The molecule has 4 nitrogen and oxygen atoms in total. The summed E-state index contributed by atoms with van der Waals surface area (Å²) in [6.45, 7) is 3.69. The van der Waals surface area contributed by atoms with Crippen LogP contribution in [0.1, 0.15) is 27.0 Å². The third-order valence-electron chi connectivity index (χ3n) is 3.99. The van der Waals surface area contributed by atoms with Gasteiger partial charge in [0.05, 0.1) is 19.1 Å². The number of hydrogen-bond acceptors (Lipinski definition) is 5. The number of methoxy groups -OCH3 is 2. The monoisotopic (exact) mass is 342 g/mol. The van der Waals surface area contributed by atoms with Crippen molar-refractivity contribution in [1.29, 1.82) is 0 Å². The van der Waals surface area contributed by atoms with Gasteiger partial charge in [-0.05, 0) is 60.9 Å². The van der Waals surface area contributed by atoms with Gasteiger partial charge in [0.1, 0.15) is 5.75 Å². The Bertz CT molecular complexity index is 845. The van der Waals surface area contributed by atoms with Crippen LogP contribution in [-0.4, -0.2) is 25.1 Å². The number of benzene rings is 2. The van der Waals surface area contributed by atoms with E-state index >= 15 is 0 Å². The molecule has 0 fully saturated rings. The first-order valence-electron chi connectivity index (χ1n) is 7.45. The lowest BCUT2D eigenvalue weighted by atomic mass is 10.0. The molecule has 0 saturated carbocycles. The minimum atomic E-state index is -0.0284. The van der Waals surface area contributed by atoms with Crippen molar-refractivity contribution in [2.75, 3.05) is 14.2 Å². The number of aromatic hydroxyl groups is 1. The molecule has 1 aliphatic heterocycles. The van der Waals surface area contributed by atoms with Gasteiger partial charge in [0.15, 0.2) is 11.5 Å².